The van der Waals surface area contributed by atoms with Crippen LogP contribution in [-0.2, 0) is 14.6 Å². The van der Waals surface area contributed by atoms with Crippen molar-refractivity contribution >= 4 is 21.7 Å². The zero-order valence-corrected chi connectivity index (χ0v) is 15.3. The lowest BCUT2D eigenvalue weighted by Gasteiger charge is -2.18. The van der Waals surface area contributed by atoms with Gasteiger partial charge in [0.1, 0.15) is 9.84 Å². The van der Waals surface area contributed by atoms with E-state index < -0.39 is 9.84 Å². The van der Waals surface area contributed by atoms with Crippen molar-refractivity contribution < 1.29 is 13.2 Å². The molecule has 1 heterocycles. The van der Waals surface area contributed by atoms with E-state index in [1.165, 1.54) is 6.26 Å². The quantitative estimate of drug-likeness (QED) is 0.490. The summed E-state index contributed by atoms with van der Waals surface area (Å²) < 4.78 is 22.4. The smallest absolute Gasteiger partial charge is 0.224 e. The van der Waals surface area contributed by atoms with Crippen molar-refractivity contribution in [2.75, 3.05) is 38.2 Å². The third-order valence-electron chi connectivity index (χ3n) is 3.70. The van der Waals surface area contributed by atoms with Gasteiger partial charge < -0.3 is 15.5 Å². The molecule has 0 aromatic rings. The van der Waals surface area contributed by atoms with Gasteiger partial charge in [-0.2, -0.15) is 0 Å². The maximum absolute atomic E-state index is 12.0. The number of carbonyl (C=O) groups excluding carboxylic acids is 1. The van der Waals surface area contributed by atoms with E-state index in [4.69, 9.17) is 0 Å². The molecule has 0 saturated carbocycles. The molecule has 8 heteroatoms. The fraction of sp³-hybridized carbons (Fsp3) is 0.867. The van der Waals surface area contributed by atoms with Gasteiger partial charge in [-0.15, -0.1) is 0 Å². The first-order chi connectivity index (χ1) is 10.8. The topological polar surface area (TPSA) is 90.9 Å². The minimum absolute atomic E-state index is 0.00295. The van der Waals surface area contributed by atoms with E-state index in [2.05, 4.69) is 15.6 Å². The molecule has 0 radical (unpaired) electrons. The molecule has 1 unspecified atom stereocenters. The lowest BCUT2D eigenvalue weighted by molar-refractivity contribution is -0.129. The maximum Gasteiger partial charge on any atom is 0.224 e. The van der Waals surface area contributed by atoms with Crippen LogP contribution >= 0.6 is 0 Å². The molecule has 0 aliphatic carbocycles. The Bertz CT molecular complexity index is 499. The summed E-state index contributed by atoms with van der Waals surface area (Å²) >= 11 is 0. The molecule has 1 aliphatic rings. The van der Waals surface area contributed by atoms with Crippen LogP contribution in [0.1, 0.15) is 39.5 Å². The molecule has 2 N–H and O–H groups in total. The predicted octanol–water partition coefficient (Wildman–Crippen LogP) is 0.377. The minimum Gasteiger partial charge on any atom is -0.357 e. The molecule has 0 bridgehead atoms. The van der Waals surface area contributed by atoms with Crippen molar-refractivity contribution in [2.45, 2.75) is 45.6 Å². The van der Waals surface area contributed by atoms with E-state index in [0.29, 0.717) is 31.9 Å². The van der Waals surface area contributed by atoms with Crippen molar-refractivity contribution in [1.29, 1.82) is 0 Å². The van der Waals surface area contributed by atoms with Gasteiger partial charge in [0.2, 0.25) is 5.91 Å². The van der Waals surface area contributed by atoms with Gasteiger partial charge in [0.25, 0.3) is 0 Å². The fourth-order valence-corrected chi connectivity index (χ4v) is 3.19. The molecule has 1 rings (SSSR count). The van der Waals surface area contributed by atoms with Crippen LogP contribution in [0.25, 0.3) is 0 Å². The molecule has 0 aromatic carbocycles. The monoisotopic (exact) mass is 346 g/mol. The normalized spacial score (nSPS) is 17.2. The van der Waals surface area contributed by atoms with Crippen molar-refractivity contribution in [3.05, 3.63) is 0 Å². The Morgan fingerprint density at radius 3 is 2.52 bits per heavy atom. The van der Waals surface area contributed by atoms with E-state index in [1.54, 1.807) is 0 Å². The highest BCUT2D eigenvalue weighted by Gasteiger charge is 2.17. The Balaban J connectivity index is 2.41. The van der Waals surface area contributed by atoms with Crippen LogP contribution in [0.2, 0.25) is 0 Å². The number of aliphatic imine (C=N–C) groups is 1. The zero-order valence-electron chi connectivity index (χ0n) is 14.5. The number of amides is 1. The summed E-state index contributed by atoms with van der Waals surface area (Å²) in [5.41, 5.74) is 0. The summed E-state index contributed by atoms with van der Waals surface area (Å²) in [7, 11) is -2.96. The summed E-state index contributed by atoms with van der Waals surface area (Å²) in [4.78, 5) is 18.3. The van der Waals surface area contributed by atoms with E-state index >= 15 is 0 Å². The molecule has 0 spiro atoms. The second-order valence-corrected chi connectivity index (χ2v) is 8.32. The van der Waals surface area contributed by atoms with Crippen molar-refractivity contribution in [3.8, 4) is 0 Å². The molecule has 1 atom stereocenters. The second kappa shape index (κ2) is 9.75. The standard InChI is InChI=1S/C15H30N4O3S/c1-4-16-15(18-13(2)8-12-23(3,21)22)17-9-7-14(20)19-10-5-6-11-19/h13H,4-12H2,1-3H3,(H2,16,17,18). The maximum atomic E-state index is 12.0. The van der Waals surface area contributed by atoms with Crippen LogP contribution in [0, 0.1) is 0 Å². The van der Waals surface area contributed by atoms with Gasteiger partial charge in [0.15, 0.2) is 5.96 Å². The largest absolute Gasteiger partial charge is 0.357 e. The fourth-order valence-electron chi connectivity index (χ4n) is 2.40. The lowest BCUT2D eigenvalue weighted by atomic mass is 10.3. The molecule has 23 heavy (non-hydrogen) atoms. The molecule has 7 nitrogen and oxygen atoms in total. The Hall–Kier alpha value is -1.31. The van der Waals surface area contributed by atoms with Gasteiger partial charge in [-0.25, -0.2) is 8.42 Å². The summed E-state index contributed by atoms with van der Waals surface area (Å²) in [5.74, 6) is 0.934. The van der Waals surface area contributed by atoms with Gasteiger partial charge in [-0.1, -0.05) is 0 Å². The number of sulfone groups is 1. The first kappa shape index (κ1) is 19.7. The van der Waals surface area contributed by atoms with Crippen LogP contribution in [0.5, 0.6) is 0 Å². The van der Waals surface area contributed by atoms with Crippen LogP contribution in [0.15, 0.2) is 4.99 Å². The van der Waals surface area contributed by atoms with Crippen molar-refractivity contribution in [3.63, 3.8) is 0 Å². The van der Waals surface area contributed by atoms with Crippen molar-refractivity contribution in [2.24, 2.45) is 4.99 Å². The zero-order chi connectivity index (χ0) is 17.3. The molecular formula is C15H30N4O3S. The first-order valence-corrected chi connectivity index (χ1v) is 10.4. The number of rotatable bonds is 8. The SMILES string of the molecule is CCNC(=NCCC(=O)N1CCCC1)NC(C)CCS(C)(=O)=O. The molecule has 0 aromatic heterocycles. The van der Waals surface area contributed by atoms with E-state index in [-0.39, 0.29) is 17.7 Å². The van der Waals surface area contributed by atoms with Crippen molar-refractivity contribution in [1.82, 2.24) is 15.5 Å². The van der Waals surface area contributed by atoms with Gasteiger partial charge in [-0.3, -0.25) is 9.79 Å². The summed E-state index contributed by atoms with van der Waals surface area (Å²) in [6.07, 6.45) is 4.36. The van der Waals surface area contributed by atoms with Crippen LogP contribution in [-0.4, -0.2) is 69.4 Å². The number of nitrogens with one attached hydrogen (secondary N) is 2. The molecule has 1 amide bonds. The van der Waals surface area contributed by atoms with E-state index in [1.807, 2.05) is 18.7 Å². The highest BCUT2D eigenvalue weighted by Crippen LogP contribution is 2.08. The average molecular weight is 346 g/mol. The molecule has 1 saturated heterocycles. The molecule has 134 valence electrons. The predicted molar refractivity (Wildman–Crippen MR) is 93.3 cm³/mol. The third-order valence-corrected chi connectivity index (χ3v) is 4.68. The van der Waals surface area contributed by atoms with Gasteiger partial charge in [0.05, 0.1) is 12.3 Å². The molecule has 1 fully saturated rings. The number of likely N-dealkylation sites (tertiary alicyclic amines) is 1. The van der Waals surface area contributed by atoms with Crippen LogP contribution in [0.3, 0.4) is 0 Å². The number of hydrogen-bond donors (Lipinski definition) is 2. The highest BCUT2D eigenvalue weighted by atomic mass is 32.2. The second-order valence-electron chi connectivity index (χ2n) is 6.06. The Morgan fingerprint density at radius 1 is 1.30 bits per heavy atom. The summed E-state index contributed by atoms with van der Waals surface area (Å²) in [5, 5.41) is 6.30. The van der Waals surface area contributed by atoms with Crippen LogP contribution in [0.4, 0.5) is 0 Å². The number of carbonyl (C=O) groups is 1. The Morgan fingerprint density at radius 2 is 1.96 bits per heavy atom. The van der Waals surface area contributed by atoms with Gasteiger partial charge >= 0.3 is 0 Å². The number of hydrogen-bond acceptors (Lipinski definition) is 4. The molecule has 1 aliphatic heterocycles. The van der Waals surface area contributed by atoms with E-state index in [0.717, 1.165) is 25.9 Å². The number of nitrogens with zero attached hydrogens (tertiary/aromatic N) is 2. The minimum atomic E-state index is -2.96. The first-order valence-electron chi connectivity index (χ1n) is 8.32. The molecular weight excluding hydrogens is 316 g/mol. The lowest BCUT2D eigenvalue weighted by Crippen LogP contribution is -2.43. The Kier molecular flexibility index (Phi) is 8.36. The van der Waals surface area contributed by atoms with Gasteiger partial charge in [-0.05, 0) is 33.1 Å². The van der Waals surface area contributed by atoms with Crippen LogP contribution < -0.4 is 10.6 Å². The van der Waals surface area contributed by atoms with Gasteiger partial charge in [0, 0.05) is 38.4 Å². The van der Waals surface area contributed by atoms with E-state index in [9.17, 15) is 13.2 Å². The highest BCUT2D eigenvalue weighted by molar-refractivity contribution is 7.90. The summed E-state index contributed by atoms with van der Waals surface area (Å²) in [6, 6.07) is -0.00295. The number of guanidine groups is 1. The third kappa shape index (κ3) is 8.78. The average Bonchev–Trinajstić information content (AvgIpc) is 2.98. The Labute approximate surface area is 139 Å². The summed E-state index contributed by atoms with van der Waals surface area (Å²) in [6.45, 7) is 6.77.